The molecule has 0 spiro atoms. The van der Waals surface area contributed by atoms with Gasteiger partial charge in [0.1, 0.15) is 5.75 Å². The Bertz CT molecular complexity index is 833. The van der Waals surface area contributed by atoms with Crippen molar-refractivity contribution in [3.05, 3.63) is 48.0 Å². The molecule has 0 aliphatic heterocycles. The second-order valence-corrected chi connectivity index (χ2v) is 6.94. The first-order valence-electron chi connectivity index (χ1n) is 6.53. The number of halogens is 3. The van der Waals surface area contributed by atoms with Gasteiger partial charge in [-0.3, -0.25) is 0 Å². The zero-order chi connectivity index (χ0) is 16.4. The minimum absolute atomic E-state index is 0.215. The maximum atomic E-state index is 12.2. The topological polar surface area (TPSA) is 48.1 Å². The van der Waals surface area contributed by atoms with Crippen LogP contribution < -0.4 is 10.5 Å². The fraction of sp³-hybridized carbons (Fsp3) is 0.133. The molecule has 8 heteroatoms. The summed E-state index contributed by atoms with van der Waals surface area (Å²) in [4.78, 5) is 4.47. The van der Waals surface area contributed by atoms with Crippen molar-refractivity contribution in [2.45, 2.75) is 16.5 Å². The van der Waals surface area contributed by atoms with Gasteiger partial charge in [-0.1, -0.05) is 23.9 Å². The lowest BCUT2D eigenvalue weighted by Crippen LogP contribution is -2.17. The van der Waals surface area contributed by atoms with Crippen molar-refractivity contribution in [3.63, 3.8) is 0 Å². The Morgan fingerprint density at radius 3 is 2.78 bits per heavy atom. The van der Waals surface area contributed by atoms with E-state index < -0.39 is 6.36 Å². The summed E-state index contributed by atoms with van der Waals surface area (Å²) in [5, 5.41) is 0. The minimum atomic E-state index is -4.68. The third kappa shape index (κ3) is 4.29. The van der Waals surface area contributed by atoms with Crippen LogP contribution in [0.4, 0.5) is 18.9 Å². The van der Waals surface area contributed by atoms with Crippen molar-refractivity contribution in [3.8, 4) is 5.75 Å². The lowest BCUT2D eigenvalue weighted by molar-refractivity contribution is -0.274. The lowest BCUT2D eigenvalue weighted by Gasteiger charge is -2.09. The van der Waals surface area contributed by atoms with Crippen molar-refractivity contribution in [2.24, 2.45) is 0 Å². The monoisotopic (exact) mass is 356 g/mol. The van der Waals surface area contributed by atoms with Crippen LogP contribution in [0.5, 0.6) is 5.75 Å². The predicted molar refractivity (Wildman–Crippen MR) is 86.7 cm³/mol. The van der Waals surface area contributed by atoms with Gasteiger partial charge in [-0.2, -0.15) is 0 Å². The maximum absolute atomic E-state index is 12.2. The summed E-state index contributed by atoms with van der Waals surface area (Å²) in [7, 11) is 0. The zero-order valence-corrected chi connectivity index (χ0v) is 13.3. The number of hydrogen-bond donors (Lipinski definition) is 1. The van der Waals surface area contributed by atoms with Gasteiger partial charge >= 0.3 is 6.36 Å². The van der Waals surface area contributed by atoms with Crippen LogP contribution in [0, 0.1) is 0 Å². The summed E-state index contributed by atoms with van der Waals surface area (Å²) >= 11 is 2.97. The zero-order valence-electron chi connectivity index (χ0n) is 11.6. The molecule has 0 radical (unpaired) electrons. The number of benzene rings is 2. The quantitative estimate of drug-likeness (QED) is 0.524. The molecule has 3 nitrogen and oxygen atoms in total. The molecule has 23 heavy (non-hydrogen) atoms. The molecule has 120 valence electrons. The van der Waals surface area contributed by atoms with Crippen molar-refractivity contribution < 1.29 is 17.9 Å². The standard InChI is InChI=1S/C15H11F3N2OS2/c16-15(17,18)21-11-3-1-2-9(6-11)8-22-14-20-12-5-4-10(19)7-13(12)23-14/h1-7H,8,19H2. The van der Waals surface area contributed by atoms with E-state index in [1.165, 1.54) is 41.3 Å². The van der Waals surface area contributed by atoms with Gasteiger partial charge < -0.3 is 10.5 Å². The number of thiazole rings is 1. The molecule has 0 saturated heterocycles. The molecule has 0 amide bonds. The maximum Gasteiger partial charge on any atom is 0.573 e. The molecule has 0 aliphatic carbocycles. The van der Waals surface area contributed by atoms with Crippen LogP contribution >= 0.6 is 23.1 Å². The Kier molecular flexibility index (Phi) is 4.36. The average Bonchev–Trinajstić information content (AvgIpc) is 2.85. The molecule has 0 fully saturated rings. The molecule has 1 heterocycles. The highest BCUT2D eigenvalue weighted by molar-refractivity contribution is 8.00. The second-order valence-electron chi connectivity index (χ2n) is 4.69. The lowest BCUT2D eigenvalue weighted by atomic mass is 10.2. The molecule has 0 unspecified atom stereocenters. The number of alkyl halides is 3. The fourth-order valence-corrected chi connectivity index (χ4v) is 4.02. The molecule has 0 atom stereocenters. The third-order valence-electron chi connectivity index (χ3n) is 2.89. The summed E-state index contributed by atoms with van der Waals surface area (Å²) in [5.41, 5.74) is 8.00. The number of nitrogen functional groups attached to an aromatic ring is 1. The van der Waals surface area contributed by atoms with Crippen molar-refractivity contribution in [1.82, 2.24) is 4.98 Å². The van der Waals surface area contributed by atoms with E-state index in [0.29, 0.717) is 11.4 Å². The van der Waals surface area contributed by atoms with E-state index in [2.05, 4.69) is 9.72 Å². The number of nitrogens with zero attached hydrogens (tertiary/aromatic N) is 1. The van der Waals surface area contributed by atoms with E-state index in [4.69, 9.17) is 5.73 Å². The molecular formula is C15H11F3N2OS2. The minimum Gasteiger partial charge on any atom is -0.406 e. The molecule has 0 saturated carbocycles. The fourth-order valence-electron chi connectivity index (χ4n) is 1.96. The average molecular weight is 356 g/mol. The van der Waals surface area contributed by atoms with E-state index in [1.54, 1.807) is 12.1 Å². The van der Waals surface area contributed by atoms with E-state index in [-0.39, 0.29) is 5.75 Å². The molecule has 0 aliphatic rings. The van der Waals surface area contributed by atoms with E-state index in [0.717, 1.165) is 20.1 Å². The smallest absolute Gasteiger partial charge is 0.406 e. The summed E-state index contributed by atoms with van der Waals surface area (Å²) in [6, 6.07) is 11.4. The highest BCUT2D eigenvalue weighted by atomic mass is 32.2. The Morgan fingerprint density at radius 2 is 2.00 bits per heavy atom. The highest BCUT2D eigenvalue weighted by Gasteiger charge is 2.31. The van der Waals surface area contributed by atoms with Gasteiger partial charge in [-0.05, 0) is 35.9 Å². The molecule has 3 aromatic rings. The van der Waals surface area contributed by atoms with Gasteiger partial charge in [0.25, 0.3) is 0 Å². The number of rotatable bonds is 4. The molecule has 3 rings (SSSR count). The Balaban J connectivity index is 1.70. The Morgan fingerprint density at radius 1 is 1.17 bits per heavy atom. The number of anilines is 1. The molecule has 2 aromatic carbocycles. The summed E-state index contributed by atoms with van der Waals surface area (Å²) < 4.78 is 42.4. The van der Waals surface area contributed by atoms with Crippen LogP contribution in [-0.2, 0) is 5.75 Å². The van der Waals surface area contributed by atoms with Crippen LogP contribution in [0.3, 0.4) is 0 Å². The second kappa shape index (κ2) is 6.29. The molecule has 0 bridgehead atoms. The van der Waals surface area contributed by atoms with E-state index >= 15 is 0 Å². The van der Waals surface area contributed by atoms with Crippen LogP contribution in [-0.4, -0.2) is 11.3 Å². The first kappa shape index (κ1) is 15.9. The van der Waals surface area contributed by atoms with Crippen LogP contribution in [0.1, 0.15) is 5.56 Å². The van der Waals surface area contributed by atoms with Gasteiger partial charge in [-0.15, -0.1) is 24.5 Å². The highest BCUT2D eigenvalue weighted by Crippen LogP contribution is 2.33. The number of fused-ring (bicyclic) bond motifs is 1. The summed E-state index contributed by atoms with van der Waals surface area (Å²) in [6.07, 6.45) is -4.68. The summed E-state index contributed by atoms with van der Waals surface area (Å²) in [6.45, 7) is 0. The number of hydrogen-bond acceptors (Lipinski definition) is 5. The van der Waals surface area contributed by atoms with Crippen LogP contribution in [0.25, 0.3) is 10.2 Å². The van der Waals surface area contributed by atoms with Crippen LogP contribution in [0.15, 0.2) is 46.8 Å². The summed E-state index contributed by atoms with van der Waals surface area (Å²) in [5.74, 6) is 0.289. The van der Waals surface area contributed by atoms with Gasteiger partial charge in [0.05, 0.1) is 10.2 Å². The first-order valence-corrected chi connectivity index (χ1v) is 8.33. The number of ether oxygens (including phenoxy) is 1. The van der Waals surface area contributed by atoms with Crippen molar-refractivity contribution >= 4 is 39.0 Å². The predicted octanol–water partition coefficient (Wildman–Crippen LogP) is 5.07. The van der Waals surface area contributed by atoms with E-state index in [9.17, 15) is 13.2 Å². The largest absolute Gasteiger partial charge is 0.573 e. The van der Waals surface area contributed by atoms with Gasteiger partial charge in [-0.25, -0.2) is 4.98 Å². The molecule has 2 N–H and O–H groups in total. The molecule has 1 aromatic heterocycles. The molecular weight excluding hydrogens is 345 g/mol. The number of aromatic nitrogens is 1. The SMILES string of the molecule is Nc1ccc2nc(SCc3cccc(OC(F)(F)F)c3)sc2c1. The van der Waals surface area contributed by atoms with E-state index in [1.807, 2.05) is 12.1 Å². The van der Waals surface area contributed by atoms with Crippen molar-refractivity contribution in [1.29, 1.82) is 0 Å². The first-order chi connectivity index (χ1) is 10.9. The Hall–Kier alpha value is -1.93. The van der Waals surface area contributed by atoms with Gasteiger partial charge in [0, 0.05) is 11.4 Å². The van der Waals surface area contributed by atoms with Crippen molar-refractivity contribution in [2.75, 3.05) is 5.73 Å². The van der Waals surface area contributed by atoms with Gasteiger partial charge in [0.15, 0.2) is 4.34 Å². The normalized spacial score (nSPS) is 11.8. The Labute approximate surface area is 138 Å². The van der Waals surface area contributed by atoms with Crippen LogP contribution in [0.2, 0.25) is 0 Å². The number of nitrogens with two attached hydrogens (primary N) is 1. The number of thioether (sulfide) groups is 1. The van der Waals surface area contributed by atoms with Gasteiger partial charge in [0.2, 0.25) is 0 Å². The third-order valence-corrected chi connectivity index (χ3v) is 5.12.